The van der Waals surface area contributed by atoms with Gasteiger partial charge in [0.1, 0.15) is 0 Å². The predicted octanol–water partition coefficient (Wildman–Crippen LogP) is 1.41. The molecule has 21 heavy (non-hydrogen) atoms. The number of aromatic nitrogens is 2. The Labute approximate surface area is 122 Å². The number of nitrogens with two attached hydrogens (primary N) is 1. The maximum absolute atomic E-state index is 11.4. The molecule has 0 aliphatic carbocycles. The molecule has 1 aliphatic rings. The first-order valence-electron chi connectivity index (χ1n) is 7.14. The van der Waals surface area contributed by atoms with Gasteiger partial charge in [0, 0.05) is 25.2 Å². The number of imidazole rings is 1. The SMILES string of the molecule is CC1CCN(Cc2nc3ccccn3c2[N+](=O)[O-])CC1N. The third kappa shape index (κ3) is 2.62. The van der Waals surface area contributed by atoms with Crippen molar-refractivity contribution in [3.05, 3.63) is 40.2 Å². The number of likely N-dealkylation sites (tertiary alicyclic amines) is 1. The highest BCUT2D eigenvalue weighted by molar-refractivity contribution is 5.48. The molecule has 0 bridgehead atoms. The molecule has 0 saturated carbocycles. The fraction of sp³-hybridized carbons (Fsp3) is 0.500. The molecule has 2 unspecified atom stereocenters. The van der Waals surface area contributed by atoms with E-state index in [1.165, 1.54) is 4.40 Å². The van der Waals surface area contributed by atoms with Crippen molar-refractivity contribution in [2.45, 2.75) is 25.9 Å². The van der Waals surface area contributed by atoms with Gasteiger partial charge in [-0.2, -0.15) is 4.40 Å². The van der Waals surface area contributed by atoms with Gasteiger partial charge in [0.05, 0.1) is 6.20 Å². The maximum atomic E-state index is 11.4. The van der Waals surface area contributed by atoms with Crippen molar-refractivity contribution in [3.63, 3.8) is 0 Å². The Kier molecular flexibility index (Phi) is 3.60. The quantitative estimate of drug-likeness (QED) is 0.681. The van der Waals surface area contributed by atoms with Gasteiger partial charge in [-0.15, -0.1) is 0 Å². The Morgan fingerprint density at radius 2 is 2.33 bits per heavy atom. The summed E-state index contributed by atoms with van der Waals surface area (Å²) in [6, 6.07) is 5.49. The van der Waals surface area contributed by atoms with Gasteiger partial charge in [0.25, 0.3) is 0 Å². The summed E-state index contributed by atoms with van der Waals surface area (Å²) in [5.41, 5.74) is 7.21. The van der Waals surface area contributed by atoms with E-state index < -0.39 is 0 Å². The van der Waals surface area contributed by atoms with Crippen LogP contribution >= 0.6 is 0 Å². The topological polar surface area (TPSA) is 89.7 Å². The lowest BCUT2D eigenvalue weighted by Gasteiger charge is -2.34. The second-order valence-corrected chi connectivity index (χ2v) is 5.73. The lowest BCUT2D eigenvalue weighted by molar-refractivity contribution is -0.391. The van der Waals surface area contributed by atoms with Crippen LogP contribution in [0.3, 0.4) is 0 Å². The summed E-state index contributed by atoms with van der Waals surface area (Å²) in [7, 11) is 0. The summed E-state index contributed by atoms with van der Waals surface area (Å²) >= 11 is 0. The largest absolute Gasteiger partial charge is 0.358 e. The molecule has 2 aromatic rings. The van der Waals surface area contributed by atoms with E-state index in [-0.39, 0.29) is 16.8 Å². The van der Waals surface area contributed by atoms with Crippen LogP contribution in [0.15, 0.2) is 24.4 Å². The van der Waals surface area contributed by atoms with E-state index in [1.54, 1.807) is 18.3 Å². The van der Waals surface area contributed by atoms with E-state index in [1.807, 2.05) is 6.07 Å². The minimum atomic E-state index is -0.359. The van der Waals surface area contributed by atoms with Crippen LogP contribution in [0, 0.1) is 16.0 Å². The summed E-state index contributed by atoms with van der Waals surface area (Å²) in [4.78, 5) is 17.6. The molecule has 3 rings (SSSR count). The number of nitrogens with zero attached hydrogens (tertiary/aromatic N) is 4. The Balaban J connectivity index is 1.90. The van der Waals surface area contributed by atoms with E-state index in [0.717, 1.165) is 19.5 Å². The molecule has 112 valence electrons. The standard InChI is InChI=1S/C14H19N5O2/c1-10-5-7-17(8-11(10)15)9-12-14(19(20)21)18-6-3-2-4-13(18)16-12/h2-4,6,10-11H,5,7-9,15H2,1H3. The zero-order valence-corrected chi connectivity index (χ0v) is 12.0. The van der Waals surface area contributed by atoms with Crippen LogP contribution in [0.1, 0.15) is 19.0 Å². The molecule has 1 aliphatic heterocycles. The van der Waals surface area contributed by atoms with E-state index in [9.17, 15) is 10.1 Å². The van der Waals surface area contributed by atoms with Crippen LogP contribution in [0.2, 0.25) is 0 Å². The van der Waals surface area contributed by atoms with Crippen molar-refractivity contribution in [2.24, 2.45) is 11.7 Å². The van der Waals surface area contributed by atoms with Crippen LogP contribution in [-0.4, -0.2) is 38.3 Å². The highest BCUT2D eigenvalue weighted by atomic mass is 16.6. The lowest BCUT2D eigenvalue weighted by Crippen LogP contribution is -2.47. The number of piperidine rings is 1. The molecule has 3 heterocycles. The first kappa shape index (κ1) is 14.0. The summed E-state index contributed by atoms with van der Waals surface area (Å²) < 4.78 is 1.53. The molecule has 0 aromatic carbocycles. The normalized spacial score (nSPS) is 23.5. The zero-order chi connectivity index (χ0) is 15.0. The molecule has 0 amide bonds. The van der Waals surface area contributed by atoms with Gasteiger partial charge in [-0.05, 0) is 29.9 Å². The number of nitro groups is 1. The highest BCUT2D eigenvalue weighted by Gasteiger charge is 2.28. The fourth-order valence-corrected chi connectivity index (χ4v) is 2.86. The molecule has 2 atom stereocenters. The summed E-state index contributed by atoms with van der Waals surface area (Å²) in [5, 5.41) is 11.4. The van der Waals surface area contributed by atoms with Gasteiger partial charge in [-0.1, -0.05) is 13.0 Å². The summed E-state index contributed by atoms with van der Waals surface area (Å²) in [6.07, 6.45) is 2.69. The van der Waals surface area contributed by atoms with Gasteiger partial charge in [0.15, 0.2) is 5.69 Å². The van der Waals surface area contributed by atoms with Crippen LogP contribution in [0.4, 0.5) is 5.82 Å². The first-order valence-corrected chi connectivity index (χ1v) is 7.14. The third-order valence-corrected chi connectivity index (χ3v) is 4.22. The van der Waals surface area contributed by atoms with E-state index in [2.05, 4.69) is 16.8 Å². The van der Waals surface area contributed by atoms with Crippen LogP contribution in [0.5, 0.6) is 0 Å². The van der Waals surface area contributed by atoms with Gasteiger partial charge < -0.3 is 15.8 Å². The number of fused-ring (bicyclic) bond motifs is 1. The molecular weight excluding hydrogens is 270 g/mol. The molecule has 7 nitrogen and oxygen atoms in total. The van der Waals surface area contributed by atoms with Crippen molar-refractivity contribution in [1.82, 2.24) is 14.3 Å². The highest BCUT2D eigenvalue weighted by Crippen LogP contribution is 2.24. The molecule has 0 radical (unpaired) electrons. The van der Waals surface area contributed by atoms with Gasteiger partial charge >= 0.3 is 5.82 Å². The Morgan fingerprint density at radius 3 is 3.05 bits per heavy atom. The molecule has 0 spiro atoms. The maximum Gasteiger partial charge on any atom is 0.352 e. The monoisotopic (exact) mass is 289 g/mol. The van der Waals surface area contributed by atoms with Crippen molar-refractivity contribution < 1.29 is 4.92 Å². The van der Waals surface area contributed by atoms with Crippen molar-refractivity contribution in [3.8, 4) is 0 Å². The van der Waals surface area contributed by atoms with Crippen molar-refractivity contribution in [1.29, 1.82) is 0 Å². The van der Waals surface area contributed by atoms with Gasteiger partial charge in [0.2, 0.25) is 5.65 Å². The van der Waals surface area contributed by atoms with E-state index >= 15 is 0 Å². The molecule has 7 heteroatoms. The molecule has 1 fully saturated rings. The fourth-order valence-electron chi connectivity index (χ4n) is 2.86. The van der Waals surface area contributed by atoms with Crippen molar-refractivity contribution in [2.75, 3.05) is 13.1 Å². The van der Waals surface area contributed by atoms with Gasteiger partial charge in [-0.25, -0.2) is 4.98 Å². The molecule has 2 N–H and O–H groups in total. The summed E-state index contributed by atoms with van der Waals surface area (Å²) in [6.45, 7) is 4.28. The number of hydrogen-bond donors (Lipinski definition) is 1. The minimum absolute atomic E-state index is 0.0535. The first-order chi connectivity index (χ1) is 10.1. The van der Waals surface area contributed by atoms with E-state index in [0.29, 0.717) is 23.8 Å². The number of rotatable bonds is 3. The average Bonchev–Trinajstić information content (AvgIpc) is 2.80. The Bertz CT molecular complexity index is 668. The minimum Gasteiger partial charge on any atom is -0.358 e. The van der Waals surface area contributed by atoms with E-state index in [4.69, 9.17) is 5.73 Å². The smallest absolute Gasteiger partial charge is 0.352 e. The van der Waals surface area contributed by atoms with Crippen LogP contribution in [0.25, 0.3) is 5.65 Å². The van der Waals surface area contributed by atoms with Crippen molar-refractivity contribution >= 4 is 11.5 Å². The molecule has 1 saturated heterocycles. The predicted molar refractivity (Wildman–Crippen MR) is 78.9 cm³/mol. The second kappa shape index (κ2) is 5.42. The lowest BCUT2D eigenvalue weighted by atomic mass is 9.94. The molecule has 2 aromatic heterocycles. The average molecular weight is 289 g/mol. The summed E-state index contributed by atoms with van der Waals surface area (Å²) in [5.74, 6) is 0.551. The number of pyridine rings is 1. The van der Waals surface area contributed by atoms with Gasteiger partial charge in [-0.3, -0.25) is 4.90 Å². The Hall–Kier alpha value is -1.99. The zero-order valence-electron chi connectivity index (χ0n) is 12.0. The Morgan fingerprint density at radius 1 is 1.52 bits per heavy atom. The third-order valence-electron chi connectivity index (χ3n) is 4.22. The van der Waals surface area contributed by atoms with Crippen LogP contribution < -0.4 is 5.73 Å². The van der Waals surface area contributed by atoms with Crippen LogP contribution in [-0.2, 0) is 6.54 Å². The molecular formula is C14H19N5O2. The second-order valence-electron chi connectivity index (χ2n) is 5.73. The number of hydrogen-bond acceptors (Lipinski definition) is 5.